The minimum absolute atomic E-state index is 0.0604. The van der Waals surface area contributed by atoms with E-state index in [2.05, 4.69) is 15.1 Å². The van der Waals surface area contributed by atoms with E-state index in [-0.39, 0.29) is 5.91 Å². The standard InChI is InChI=1S/C16H20ClN5O/c1-20-10-12(17)6-14(20)16(23)21-4-2-13(3-5-21)22-15-9-18-7-11(15)8-19-22/h6,8,10,13,18H,2-5,7,9H2,1H3. The average Bonchev–Trinajstić information content (AvgIpc) is 3.22. The SMILES string of the molecule is Cn1cc(Cl)cc1C(=O)N1CCC(n2ncc3c2CNC3)CC1. The Morgan fingerprint density at radius 2 is 2.13 bits per heavy atom. The minimum atomic E-state index is 0.0604. The Kier molecular flexibility index (Phi) is 3.66. The number of halogens is 1. The molecule has 2 aromatic rings. The van der Waals surface area contributed by atoms with Crippen LogP contribution in [0.5, 0.6) is 0 Å². The molecule has 7 heteroatoms. The number of fused-ring (bicyclic) bond motifs is 1. The summed E-state index contributed by atoms with van der Waals surface area (Å²) in [5.74, 6) is 0.0604. The van der Waals surface area contributed by atoms with Crippen molar-refractivity contribution in [3.63, 3.8) is 0 Å². The van der Waals surface area contributed by atoms with Crippen molar-refractivity contribution in [3.05, 3.63) is 40.4 Å². The highest BCUT2D eigenvalue weighted by Crippen LogP contribution is 2.27. The number of hydrogen-bond donors (Lipinski definition) is 1. The first kappa shape index (κ1) is 14.8. The number of rotatable bonds is 2. The summed E-state index contributed by atoms with van der Waals surface area (Å²) >= 11 is 5.98. The van der Waals surface area contributed by atoms with Crippen molar-refractivity contribution in [3.8, 4) is 0 Å². The van der Waals surface area contributed by atoms with Gasteiger partial charge in [-0.05, 0) is 18.9 Å². The molecule has 1 saturated heterocycles. The molecule has 0 spiro atoms. The van der Waals surface area contributed by atoms with Crippen LogP contribution in [-0.2, 0) is 20.1 Å². The highest BCUT2D eigenvalue weighted by Gasteiger charge is 2.28. The van der Waals surface area contributed by atoms with Crippen molar-refractivity contribution in [1.29, 1.82) is 0 Å². The maximum absolute atomic E-state index is 12.6. The fourth-order valence-electron chi connectivity index (χ4n) is 3.61. The van der Waals surface area contributed by atoms with Gasteiger partial charge in [-0.1, -0.05) is 11.6 Å². The number of carbonyl (C=O) groups excluding carboxylic acids is 1. The lowest BCUT2D eigenvalue weighted by molar-refractivity contribution is 0.0679. The number of aryl methyl sites for hydroxylation is 1. The van der Waals surface area contributed by atoms with Gasteiger partial charge in [-0.15, -0.1) is 0 Å². The molecule has 0 aromatic carbocycles. The molecule has 0 unspecified atom stereocenters. The van der Waals surface area contributed by atoms with Gasteiger partial charge < -0.3 is 14.8 Å². The third kappa shape index (κ3) is 2.56. The molecule has 0 aliphatic carbocycles. The molecule has 0 bridgehead atoms. The Hall–Kier alpha value is -1.79. The number of aromatic nitrogens is 3. The van der Waals surface area contributed by atoms with Gasteiger partial charge in [0, 0.05) is 45.0 Å². The van der Waals surface area contributed by atoms with Crippen molar-refractivity contribution >= 4 is 17.5 Å². The zero-order chi connectivity index (χ0) is 16.0. The normalized spacial score (nSPS) is 18.4. The highest BCUT2D eigenvalue weighted by molar-refractivity contribution is 6.31. The first-order valence-electron chi connectivity index (χ1n) is 8.00. The second-order valence-corrected chi connectivity index (χ2v) is 6.78. The zero-order valence-electron chi connectivity index (χ0n) is 13.1. The molecular formula is C16H20ClN5O. The molecule has 2 aliphatic rings. The average molecular weight is 334 g/mol. The molecule has 2 aliphatic heterocycles. The van der Waals surface area contributed by atoms with Gasteiger partial charge in [0.05, 0.1) is 23.0 Å². The van der Waals surface area contributed by atoms with Crippen LogP contribution in [0.3, 0.4) is 0 Å². The van der Waals surface area contributed by atoms with E-state index in [0.717, 1.165) is 39.0 Å². The molecule has 1 fully saturated rings. The van der Waals surface area contributed by atoms with Gasteiger partial charge in [0.25, 0.3) is 5.91 Å². The highest BCUT2D eigenvalue weighted by atomic mass is 35.5. The molecule has 0 atom stereocenters. The van der Waals surface area contributed by atoms with E-state index < -0.39 is 0 Å². The Labute approximate surface area is 140 Å². The van der Waals surface area contributed by atoms with Crippen LogP contribution >= 0.6 is 11.6 Å². The van der Waals surface area contributed by atoms with Crippen LogP contribution in [0.4, 0.5) is 0 Å². The zero-order valence-corrected chi connectivity index (χ0v) is 13.9. The molecule has 1 N–H and O–H groups in total. The van der Waals surface area contributed by atoms with Crippen molar-refractivity contribution in [2.75, 3.05) is 13.1 Å². The monoisotopic (exact) mass is 333 g/mol. The van der Waals surface area contributed by atoms with Crippen LogP contribution in [0.1, 0.15) is 40.6 Å². The van der Waals surface area contributed by atoms with Crippen molar-refractivity contribution < 1.29 is 4.79 Å². The van der Waals surface area contributed by atoms with E-state index in [1.807, 2.05) is 18.1 Å². The van der Waals surface area contributed by atoms with E-state index in [1.54, 1.807) is 16.8 Å². The van der Waals surface area contributed by atoms with Gasteiger partial charge in [-0.2, -0.15) is 5.10 Å². The van der Waals surface area contributed by atoms with Crippen LogP contribution < -0.4 is 5.32 Å². The predicted molar refractivity (Wildman–Crippen MR) is 87.4 cm³/mol. The Balaban J connectivity index is 1.45. The maximum Gasteiger partial charge on any atom is 0.270 e. The number of carbonyl (C=O) groups is 1. The molecule has 122 valence electrons. The number of amides is 1. The topological polar surface area (TPSA) is 55.1 Å². The molecule has 6 nitrogen and oxygen atoms in total. The largest absolute Gasteiger partial charge is 0.345 e. The summed E-state index contributed by atoms with van der Waals surface area (Å²) in [6.07, 6.45) is 5.62. The van der Waals surface area contributed by atoms with Gasteiger partial charge in [-0.3, -0.25) is 9.48 Å². The lowest BCUT2D eigenvalue weighted by atomic mass is 10.0. The van der Waals surface area contributed by atoms with Crippen LogP contribution in [0.15, 0.2) is 18.5 Å². The summed E-state index contributed by atoms with van der Waals surface area (Å²) in [5, 5.41) is 8.52. The Morgan fingerprint density at radius 3 is 2.83 bits per heavy atom. The number of hydrogen-bond acceptors (Lipinski definition) is 3. The first-order chi connectivity index (χ1) is 11.1. The predicted octanol–water partition coefficient (Wildman–Crippen LogP) is 1.96. The van der Waals surface area contributed by atoms with Crippen molar-refractivity contribution in [2.24, 2.45) is 7.05 Å². The number of likely N-dealkylation sites (tertiary alicyclic amines) is 1. The number of nitrogens with one attached hydrogen (secondary N) is 1. The molecule has 1 amide bonds. The molecule has 0 saturated carbocycles. The quantitative estimate of drug-likeness (QED) is 0.914. The van der Waals surface area contributed by atoms with E-state index in [4.69, 9.17) is 11.6 Å². The lowest BCUT2D eigenvalue weighted by Crippen LogP contribution is -2.40. The first-order valence-corrected chi connectivity index (χ1v) is 8.38. The summed E-state index contributed by atoms with van der Waals surface area (Å²) in [6, 6.07) is 2.13. The molecule has 4 heterocycles. The van der Waals surface area contributed by atoms with Crippen LogP contribution in [0.25, 0.3) is 0 Å². The van der Waals surface area contributed by atoms with Crippen molar-refractivity contribution in [2.45, 2.75) is 32.0 Å². The van der Waals surface area contributed by atoms with Gasteiger partial charge in [-0.25, -0.2) is 0 Å². The number of nitrogens with zero attached hydrogens (tertiary/aromatic N) is 4. The maximum atomic E-state index is 12.6. The number of piperidine rings is 1. The smallest absolute Gasteiger partial charge is 0.270 e. The Bertz CT molecular complexity index is 742. The summed E-state index contributed by atoms with van der Waals surface area (Å²) in [4.78, 5) is 14.5. The van der Waals surface area contributed by atoms with E-state index in [9.17, 15) is 4.79 Å². The van der Waals surface area contributed by atoms with Crippen LogP contribution in [0, 0.1) is 0 Å². The van der Waals surface area contributed by atoms with Crippen molar-refractivity contribution in [1.82, 2.24) is 24.6 Å². The Morgan fingerprint density at radius 1 is 1.35 bits per heavy atom. The second kappa shape index (κ2) is 5.69. The van der Waals surface area contributed by atoms with Crippen LogP contribution in [0.2, 0.25) is 5.02 Å². The van der Waals surface area contributed by atoms with E-state index in [0.29, 0.717) is 16.8 Å². The molecule has 0 radical (unpaired) electrons. The minimum Gasteiger partial charge on any atom is -0.345 e. The van der Waals surface area contributed by atoms with Gasteiger partial charge in [0.2, 0.25) is 0 Å². The van der Waals surface area contributed by atoms with E-state index in [1.165, 1.54) is 11.3 Å². The molecule has 4 rings (SSSR count). The fourth-order valence-corrected chi connectivity index (χ4v) is 3.86. The summed E-state index contributed by atoms with van der Waals surface area (Å²) in [6.45, 7) is 3.33. The third-order valence-corrected chi connectivity index (χ3v) is 5.09. The summed E-state index contributed by atoms with van der Waals surface area (Å²) in [5.41, 5.74) is 3.27. The molecule has 2 aromatic heterocycles. The van der Waals surface area contributed by atoms with Gasteiger partial charge >= 0.3 is 0 Å². The summed E-state index contributed by atoms with van der Waals surface area (Å²) in [7, 11) is 1.85. The van der Waals surface area contributed by atoms with Gasteiger partial charge in [0.1, 0.15) is 5.69 Å². The van der Waals surface area contributed by atoms with Gasteiger partial charge in [0.15, 0.2) is 0 Å². The second-order valence-electron chi connectivity index (χ2n) is 6.34. The molecular weight excluding hydrogens is 314 g/mol. The van der Waals surface area contributed by atoms with Crippen LogP contribution in [-0.4, -0.2) is 38.2 Å². The third-order valence-electron chi connectivity index (χ3n) is 4.88. The lowest BCUT2D eigenvalue weighted by Gasteiger charge is -2.32. The fraction of sp³-hybridized carbons (Fsp3) is 0.500. The summed E-state index contributed by atoms with van der Waals surface area (Å²) < 4.78 is 3.96. The van der Waals surface area contributed by atoms with E-state index >= 15 is 0 Å². The molecule has 23 heavy (non-hydrogen) atoms.